The molecule has 4 rings (SSSR count). The van der Waals surface area contributed by atoms with Gasteiger partial charge in [0.05, 0.1) is 19.0 Å². The van der Waals surface area contributed by atoms with Crippen molar-refractivity contribution < 1.29 is 27.4 Å². The Morgan fingerprint density at radius 2 is 1.87 bits per heavy atom. The molecule has 0 aliphatic carbocycles. The molecule has 0 radical (unpaired) electrons. The number of nitrogens with one attached hydrogen (secondary N) is 1. The highest BCUT2D eigenvalue weighted by Crippen LogP contribution is 2.33. The number of para-hydroxylation sites is 1. The number of fused-ring (bicyclic) bond motifs is 1. The van der Waals surface area contributed by atoms with E-state index in [0.717, 1.165) is 0 Å². The Morgan fingerprint density at radius 3 is 2.65 bits per heavy atom. The van der Waals surface area contributed by atoms with Gasteiger partial charge in [0.2, 0.25) is 5.88 Å². The molecule has 0 spiro atoms. The first kappa shape index (κ1) is 20.1. The van der Waals surface area contributed by atoms with Gasteiger partial charge >= 0.3 is 6.36 Å². The maximum Gasteiger partial charge on any atom is 0.573 e. The molecule has 0 saturated heterocycles. The van der Waals surface area contributed by atoms with E-state index in [9.17, 15) is 18.0 Å². The molecule has 0 unspecified atom stereocenters. The van der Waals surface area contributed by atoms with Gasteiger partial charge in [-0.1, -0.05) is 18.2 Å². The number of amides is 1. The Bertz CT molecular complexity index is 1260. The van der Waals surface area contributed by atoms with Crippen molar-refractivity contribution in [3.8, 4) is 22.9 Å². The van der Waals surface area contributed by atoms with E-state index in [-0.39, 0.29) is 28.3 Å². The number of alkyl halides is 3. The molecule has 158 valence electrons. The number of methoxy groups -OCH3 is 1. The SMILES string of the molecule is COc1cccc(NC(=O)c2cnn3ccc(-c4ccccc4OC(F)(F)F)nc23)n1. The Labute approximate surface area is 173 Å². The molecule has 3 aromatic heterocycles. The molecule has 11 heteroatoms. The summed E-state index contributed by atoms with van der Waals surface area (Å²) in [6, 6.07) is 11.9. The second-order valence-electron chi connectivity index (χ2n) is 6.20. The topological polar surface area (TPSA) is 90.6 Å². The minimum Gasteiger partial charge on any atom is -0.481 e. The highest BCUT2D eigenvalue weighted by Gasteiger charge is 2.32. The van der Waals surface area contributed by atoms with Crippen LogP contribution in [0.4, 0.5) is 19.0 Å². The van der Waals surface area contributed by atoms with Crippen molar-refractivity contribution in [2.24, 2.45) is 0 Å². The summed E-state index contributed by atoms with van der Waals surface area (Å²) < 4.78 is 48.7. The molecule has 0 fully saturated rings. The Kier molecular flexibility index (Phi) is 5.15. The second-order valence-corrected chi connectivity index (χ2v) is 6.20. The first-order chi connectivity index (χ1) is 14.8. The lowest BCUT2D eigenvalue weighted by atomic mass is 10.1. The number of rotatable bonds is 5. The summed E-state index contributed by atoms with van der Waals surface area (Å²) in [5.74, 6) is -0.374. The molecule has 0 saturated carbocycles. The van der Waals surface area contributed by atoms with E-state index >= 15 is 0 Å². The predicted octanol–water partition coefficient (Wildman–Crippen LogP) is 3.95. The largest absolute Gasteiger partial charge is 0.573 e. The van der Waals surface area contributed by atoms with Crippen LogP contribution in [-0.2, 0) is 0 Å². The van der Waals surface area contributed by atoms with E-state index in [0.29, 0.717) is 5.88 Å². The van der Waals surface area contributed by atoms with Crippen LogP contribution in [0.25, 0.3) is 16.9 Å². The zero-order valence-corrected chi connectivity index (χ0v) is 15.9. The number of pyridine rings is 1. The minimum absolute atomic E-state index is 0.112. The van der Waals surface area contributed by atoms with Gasteiger partial charge in [-0.3, -0.25) is 4.79 Å². The first-order valence-electron chi connectivity index (χ1n) is 8.86. The van der Waals surface area contributed by atoms with Crippen LogP contribution in [0.15, 0.2) is 60.9 Å². The van der Waals surface area contributed by atoms with Crippen molar-refractivity contribution in [1.29, 1.82) is 0 Å². The average molecular weight is 429 g/mol. The molecular formula is C20H14F3N5O3. The number of carbonyl (C=O) groups excluding carboxylic acids is 1. The van der Waals surface area contributed by atoms with Gasteiger partial charge in [-0.25, -0.2) is 9.50 Å². The van der Waals surface area contributed by atoms with Crippen LogP contribution in [0.2, 0.25) is 0 Å². The fourth-order valence-electron chi connectivity index (χ4n) is 2.85. The zero-order valence-electron chi connectivity index (χ0n) is 15.9. The second kappa shape index (κ2) is 7.94. The van der Waals surface area contributed by atoms with Crippen LogP contribution in [-0.4, -0.2) is 39.0 Å². The van der Waals surface area contributed by atoms with Gasteiger partial charge in [0.25, 0.3) is 5.91 Å². The van der Waals surface area contributed by atoms with Crippen LogP contribution < -0.4 is 14.8 Å². The smallest absolute Gasteiger partial charge is 0.481 e. The van der Waals surface area contributed by atoms with E-state index in [1.807, 2.05) is 0 Å². The molecule has 0 aliphatic heterocycles. The zero-order chi connectivity index (χ0) is 22.0. The number of hydrogen-bond acceptors (Lipinski definition) is 6. The Hall–Kier alpha value is -4.15. The summed E-state index contributed by atoms with van der Waals surface area (Å²) in [6.07, 6.45) is -2.06. The first-order valence-corrected chi connectivity index (χ1v) is 8.86. The van der Waals surface area contributed by atoms with Crippen LogP contribution in [0, 0.1) is 0 Å². The lowest BCUT2D eigenvalue weighted by molar-refractivity contribution is -0.274. The van der Waals surface area contributed by atoms with Crippen molar-refractivity contribution in [3.63, 3.8) is 0 Å². The van der Waals surface area contributed by atoms with Crippen LogP contribution in [0.5, 0.6) is 11.6 Å². The van der Waals surface area contributed by atoms with E-state index in [4.69, 9.17) is 4.74 Å². The number of hydrogen-bond donors (Lipinski definition) is 1. The maximum atomic E-state index is 12.7. The molecule has 0 aliphatic rings. The fourth-order valence-corrected chi connectivity index (χ4v) is 2.85. The highest BCUT2D eigenvalue weighted by atomic mass is 19.4. The van der Waals surface area contributed by atoms with E-state index in [1.54, 1.807) is 24.3 Å². The van der Waals surface area contributed by atoms with E-state index < -0.39 is 18.0 Å². The number of carbonyl (C=O) groups is 1. The number of benzene rings is 1. The molecule has 31 heavy (non-hydrogen) atoms. The molecule has 8 nitrogen and oxygen atoms in total. The summed E-state index contributed by atoms with van der Waals surface area (Å²) in [6.45, 7) is 0. The van der Waals surface area contributed by atoms with Crippen LogP contribution in [0.3, 0.4) is 0 Å². The van der Waals surface area contributed by atoms with Gasteiger partial charge in [-0.15, -0.1) is 13.2 Å². The van der Waals surface area contributed by atoms with Crippen molar-refractivity contribution >= 4 is 17.4 Å². The molecular weight excluding hydrogens is 415 g/mol. The summed E-state index contributed by atoms with van der Waals surface area (Å²) in [7, 11) is 1.45. The number of anilines is 1. The highest BCUT2D eigenvalue weighted by molar-refractivity contribution is 6.07. The van der Waals surface area contributed by atoms with Gasteiger partial charge in [-0.2, -0.15) is 10.1 Å². The monoisotopic (exact) mass is 429 g/mol. The summed E-state index contributed by atoms with van der Waals surface area (Å²) in [4.78, 5) is 21.2. The van der Waals surface area contributed by atoms with Crippen molar-refractivity contribution in [2.45, 2.75) is 6.36 Å². The maximum absolute atomic E-state index is 12.7. The van der Waals surface area contributed by atoms with Gasteiger partial charge in [-0.05, 0) is 24.3 Å². The van der Waals surface area contributed by atoms with Crippen molar-refractivity contribution in [1.82, 2.24) is 19.6 Å². The molecule has 1 aromatic carbocycles. The predicted molar refractivity (Wildman–Crippen MR) is 104 cm³/mol. The minimum atomic E-state index is -4.86. The number of aromatic nitrogens is 4. The van der Waals surface area contributed by atoms with Crippen LogP contribution >= 0.6 is 0 Å². The van der Waals surface area contributed by atoms with Gasteiger partial charge < -0.3 is 14.8 Å². The third-order valence-electron chi connectivity index (χ3n) is 4.18. The lowest BCUT2D eigenvalue weighted by Crippen LogP contribution is -2.17. The third kappa shape index (κ3) is 4.39. The molecule has 0 atom stereocenters. The molecule has 1 amide bonds. The summed E-state index contributed by atoms with van der Waals surface area (Å²) >= 11 is 0. The van der Waals surface area contributed by atoms with Gasteiger partial charge in [0.15, 0.2) is 5.65 Å². The van der Waals surface area contributed by atoms with Crippen LogP contribution in [0.1, 0.15) is 10.4 Å². The number of nitrogens with zero attached hydrogens (tertiary/aromatic N) is 4. The average Bonchev–Trinajstić information content (AvgIpc) is 3.16. The fraction of sp³-hybridized carbons (Fsp3) is 0.100. The van der Waals surface area contributed by atoms with E-state index in [1.165, 1.54) is 48.3 Å². The van der Waals surface area contributed by atoms with Gasteiger partial charge in [0.1, 0.15) is 17.1 Å². The molecule has 3 heterocycles. The van der Waals surface area contributed by atoms with Crippen molar-refractivity contribution in [3.05, 3.63) is 66.5 Å². The summed E-state index contributed by atoms with van der Waals surface area (Å²) in [5.41, 5.74) is 0.561. The quantitative estimate of drug-likeness (QED) is 0.517. The summed E-state index contributed by atoms with van der Waals surface area (Å²) in [5, 5.41) is 6.68. The third-order valence-corrected chi connectivity index (χ3v) is 4.18. The molecule has 4 aromatic rings. The van der Waals surface area contributed by atoms with Gasteiger partial charge in [0, 0.05) is 17.8 Å². The lowest BCUT2D eigenvalue weighted by Gasteiger charge is -2.13. The molecule has 1 N–H and O–H groups in total. The normalized spacial score (nSPS) is 11.4. The van der Waals surface area contributed by atoms with Crippen molar-refractivity contribution in [2.75, 3.05) is 12.4 Å². The number of ether oxygens (including phenoxy) is 2. The molecule has 0 bridgehead atoms. The van der Waals surface area contributed by atoms with E-state index in [2.05, 4.69) is 25.1 Å². The Morgan fingerprint density at radius 1 is 1.06 bits per heavy atom. The number of halogens is 3. The Balaban J connectivity index is 1.70. The standard InChI is InChI=1S/C20H14F3N5O3/c1-30-17-8-4-7-16(26-17)27-19(29)13-11-24-28-10-9-14(25-18(13)28)12-5-2-3-6-15(12)31-20(21,22)23/h2-11H,1H3,(H,26,27,29).